The lowest BCUT2D eigenvalue weighted by molar-refractivity contribution is 0.0221. The maximum atomic E-state index is 6.04. The van der Waals surface area contributed by atoms with Gasteiger partial charge in [-0.3, -0.25) is 5.01 Å². The molecule has 0 aliphatic carbocycles. The van der Waals surface area contributed by atoms with Crippen LogP contribution < -0.4 is 4.74 Å². The van der Waals surface area contributed by atoms with Crippen LogP contribution in [0, 0.1) is 0 Å². The molecule has 6 heteroatoms. The first-order valence-corrected chi connectivity index (χ1v) is 11.9. The number of benzene rings is 2. The molecule has 1 saturated heterocycles. The Morgan fingerprint density at radius 1 is 1.17 bits per heavy atom. The molecule has 30 heavy (non-hydrogen) atoms. The summed E-state index contributed by atoms with van der Waals surface area (Å²) >= 11 is 1.71. The molecule has 2 aromatic rings. The molecule has 0 unspecified atom stereocenters. The zero-order valence-corrected chi connectivity index (χ0v) is 19.0. The number of likely N-dealkylation sites (N-methyl/N-ethyl adjacent to an activating group) is 1. The fourth-order valence-corrected chi connectivity index (χ4v) is 4.64. The van der Waals surface area contributed by atoms with Gasteiger partial charge in [-0.15, -0.1) is 11.8 Å². The van der Waals surface area contributed by atoms with Crippen LogP contribution in [0.2, 0.25) is 0 Å². The molecule has 0 bridgehead atoms. The normalized spacial score (nSPS) is 19.4. The first-order valence-electron chi connectivity index (χ1n) is 10.7. The van der Waals surface area contributed by atoms with Crippen LogP contribution in [0.5, 0.6) is 5.75 Å². The molecule has 4 rings (SSSR count). The molecule has 0 radical (unpaired) electrons. The molecule has 0 amide bonds. The van der Waals surface area contributed by atoms with Gasteiger partial charge in [-0.25, -0.2) is 0 Å². The van der Waals surface area contributed by atoms with Gasteiger partial charge in [-0.2, -0.15) is 5.10 Å². The quantitative estimate of drug-likeness (QED) is 0.372. The summed E-state index contributed by atoms with van der Waals surface area (Å²) in [6.07, 6.45) is 4.48. The predicted octanol–water partition coefficient (Wildman–Crippen LogP) is 4.44. The molecule has 0 N–H and O–H groups in total. The minimum absolute atomic E-state index is 0.243. The van der Waals surface area contributed by atoms with Crippen molar-refractivity contribution in [3.05, 3.63) is 59.2 Å². The van der Waals surface area contributed by atoms with Crippen LogP contribution >= 0.6 is 11.8 Å². The van der Waals surface area contributed by atoms with E-state index in [4.69, 9.17) is 14.6 Å². The second kappa shape index (κ2) is 9.86. The third-order valence-electron chi connectivity index (χ3n) is 5.80. The average molecular weight is 426 g/mol. The second-order valence-corrected chi connectivity index (χ2v) is 8.76. The monoisotopic (exact) mass is 425 g/mol. The first kappa shape index (κ1) is 21.2. The van der Waals surface area contributed by atoms with Gasteiger partial charge >= 0.3 is 0 Å². The van der Waals surface area contributed by atoms with E-state index in [0.717, 1.165) is 30.1 Å². The van der Waals surface area contributed by atoms with Crippen molar-refractivity contribution in [3.8, 4) is 5.75 Å². The topological polar surface area (TPSA) is 37.3 Å². The molecule has 2 aliphatic rings. The van der Waals surface area contributed by atoms with Crippen molar-refractivity contribution in [2.45, 2.75) is 37.2 Å². The zero-order chi connectivity index (χ0) is 20.9. The molecule has 1 atom stereocenters. The molecule has 0 aromatic heterocycles. The Labute approximate surface area is 184 Å². The molecule has 2 heterocycles. The van der Waals surface area contributed by atoms with E-state index < -0.39 is 0 Å². The van der Waals surface area contributed by atoms with Gasteiger partial charge in [0.05, 0.1) is 12.6 Å². The van der Waals surface area contributed by atoms with Crippen LogP contribution in [0.1, 0.15) is 36.5 Å². The van der Waals surface area contributed by atoms with Crippen molar-refractivity contribution in [1.29, 1.82) is 0 Å². The van der Waals surface area contributed by atoms with Crippen molar-refractivity contribution in [2.24, 2.45) is 5.10 Å². The van der Waals surface area contributed by atoms with Crippen LogP contribution in [-0.2, 0) is 11.3 Å². The lowest BCUT2D eigenvalue weighted by Gasteiger charge is -2.39. The minimum Gasteiger partial charge on any atom is -0.467 e. The average Bonchev–Trinajstić information content (AvgIpc) is 2.78. The summed E-state index contributed by atoms with van der Waals surface area (Å²) in [6.45, 7) is 5.93. The molecular formula is C24H31N3O2S. The summed E-state index contributed by atoms with van der Waals surface area (Å²) in [5.41, 5.74) is 4.52. The summed E-state index contributed by atoms with van der Waals surface area (Å²) in [7, 11) is 2.20. The van der Waals surface area contributed by atoms with E-state index >= 15 is 0 Å². The van der Waals surface area contributed by atoms with E-state index in [2.05, 4.69) is 65.7 Å². The van der Waals surface area contributed by atoms with Gasteiger partial charge in [0, 0.05) is 29.2 Å². The van der Waals surface area contributed by atoms with Crippen LogP contribution in [0.3, 0.4) is 0 Å². The standard InChI is InChI=1S/C24H31N3O2S/c1-4-28-17-29-23-14-20(30-3)11-12-22(23)24-21-10-6-5-8-18(21)15-27(25-24)19-9-7-13-26(2)16-19/h5-6,8,10-12,14,19H,4,7,9,13,15-17H2,1-3H3/t19-/m1/s1. The minimum atomic E-state index is 0.243. The summed E-state index contributed by atoms with van der Waals surface area (Å²) in [5.74, 6) is 0.825. The summed E-state index contributed by atoms with van der Waals surface area (Å²) in [5, 5.41) is 7.49. The van der Waals surface area contributed by atoms with E-state index in [1.807, 2.05) is 6.92 Å². The number of ether oxygens (including phenoxy) is 2. The first-order chi connectivity index (χ1) is 14.7. The van der Waals surface area contributed by atoms with Crippen molar-refractivity contribution >= 4 is 17.5 Å². The Hall–Kier alpha value is -2.02. The third kappa shape index (κ3) is 4.66. The molecule has 160 valence electrons. The highest BCUT2D eigenvalue weighted by Gasteiger charge is 2.29. The molecular weight excluding hydrogens is 394 g/mol. The number of nitrogens with zero attached hydrogens (tertiary/aromatic N) is 3. The van der Waals surface area contributed by atoms with E-state index in [1.165, 1.54) is 35.4 Å². The summed E-state index contributed by atoms with van der Waals surface area (Å²) in [4.78, 5) is 3.58. The lowest BCUT2D eigenvalue weighted by atomic mass is 9.94. The predicted molar refractivity (Wildman–Crippen MR) is 123 cm³/mol. The van der Waals surface area contributed by atoms with Gasteiger partial charge in [0.25, 0.3) is 0 Å². The van der Waals surface area contributed by atoms with E-state index in [0.29, 0.717) is 12.6 Å². The molecule has 0 spiro atoms. The van der Waals surface area contributed by atoms with Gasteiger partial charge in [0.1, 0.15) is 11.5 Å². The second-order valence-electron chi connectivity index (χ2n) is 7.88. The molecule has 5 nitrogen and oxygen atoms in total. The SMILES string of the molecule is CCOCOc1cc(SC)ccc1C1=NN([C@@H]2CCCN(C)C2)Cc2ccccc21. The molecule has 2 aromatic carbocycles. The zero-order valence-electron chi connectivity index (χ0n) is 18.1. The Bertz CT molecular complexity index is 902. The Balaban J connectivity index is 1.74. The Morgan fingerprint density at radius 3 is 2.83 bits per heavy atom. The maximum Gasteiger partial charge on any atom is 0.189 e. The summed E-state index contributed by atoms with van der Waals surface area (Å²) < 4.78 is 11.5. The highest BCUT2D eigenvalue weighted by Crippen LogP contribution is 2.32. The van der Waals surface area contributed by atoms with Crippen molar-refractivity contribution < 1.29 is 9.47 Å². The van der Waals surface area contributed by atoms with Crippen molar-refractivity contribution in [3.63, 3.8) is 0 Å². The number of hydrazone groups is 1. The number of fused-ring (bicyclic) bond motifs is 1. The highest BCUT2D eigenvalue weighted by molar-refractivity contribution is 7.98. The third-order valence-corrected chi connectivity index (χ3v) is 6.53. The van der Waals surface area contributed by atoms with Crippen molar-refractivity contribution in [2.75, 3.05) is 39.8 Å². The highest BCUT2D eigenvalue weighted by atomic mass is 32.2. The maximum absolute atomic E-state index is 6.04. The number of likely N-dealkylation sites (tertiary alicyclic amines) is 1. The fraction of sp³-hybridized carbons (Fsp3) is 0.458. The molecule has 1 fully saturated rings. The van der Waals surface area contributed by atoms with Crippen LogP contribution in [-0.4, -0.2) is 61.5 Å². The van der Waals surface area contributed by atoms with Crippen LogP contribution in [0.4, 0.5) is 0 Å². The van der Waals surface area contributed by atoms with E-state index in [9.17, 15) is 0 Å². The smallest absolute Gasteiger partial charge is 0.189 e. The Morgan fingerprint density at radius 2 is 2.03 bits per heavy atom. The number of hydrogen-bond acceptors (Lipinski definition) is 6. The molecule has 0 saturated carbocycles. The van der Waals surface area contributed by atoms with Gasteiger partial charge in [0.15, 0.2) is 6.79 Å². The van der Waals surface area contributed by atoms with Crippen molar-refractivity contribution in [1.82, 2.24) is 9.91 Å². The number of hydrogen-bond donors (Lipinski definition) is 0. The number of piperidine rings is 1. The fourth-order valence-electron chi connectivity index (χ4n) is 4.21. The Kier molecular flexibility index (Phi) is 6.97. The summed E-state index contributed by atoms with van der Waals surface area (Å²) in [6, 6.07) is 15.4. The van der Waals surface area contributed by atoms with Gasteiger partial charge < -0.3 is 14.4 Å². The van der Waals surface area contributed by atoms with Crippen LogP contribution in [0.15, 0.2) is 52.5 Å². The van der Waals surface area contributed by atoms with Crippen LogP contribution in [0.25, 0.3) is 0 Å². The molecule has 2 aliphatic heterocycles. The number of rotatable bonds is 7. The van der Waals surface area contributed by atoms with E-state index in [-0.39, 0.29) is 6.79 Å². The van der Waals surface area contributed by atoms with E-state index in [1.54, 1.807) is 11.8 Å². The van der Waals surface area contributed by atoms with Gasteiger partial charge in [-0.1, -0.05) is 24.3 Å². The van der Waals surface area contributed by atoms with Gasteiger partial charge in [0.2, 0.25) is 0 Å². The lowest BCUT2D eigenvalue weighted by Crippen LogP contribution is -2.45. The number of thioether (sulfide) groups is 1. The largest absolute Gasteiger partial charge is 0.467 e. The van der Waals surface area contributed by atoms with Gasteiger partial charge in [-0.05, 0) is 63.4 Å².